The van der Waals surface area contributed by atoms with Crippen molar-refractivity contribution >= 4 is 17.7 Å². The number of fused-ring (bicyclic) bond motifs is 1. The van der Waals surface area contributed by atoms with Crippen molar-refractivity contribution in [2.75, 3.05) is 0 Å². The number of imide groups is 1. The molecule has 6 nitrogen and oxygen atoms in total. The van der Waals surface area contributed by atoms with Gasteiger partial charge in [0.05, 0.1) is 0 Å². The SMILES string of the molecule is C1CCCCCC1.O=C1CCC(N2Cc3cc(OF)ccc3C2=O)C(=O)N1. The van der Waals surface area contributed by atoms with Gasteiger partial charge >= 0.3 is 0 Å². The van der Waals surface area contributed by atoms with Crippen molar-refractivity contribution in [2.24, 2.45) is 0 Å². The van der Waals surface area contributed by atoms with Gasteiger partial charge in [-0.1, -0.05) is 44.9 Å². The number of carbonyl (C=O) groups is 3. The number of nitrogens with one attached hydrogen (secondary N) is 1. The Labute approximate surface area is 158 Å². The normalized spacial score (nSPS) is 22.3. The van der Waals surface area contributed by atoms with E-state index >= 15 is 0 Å². The lowest BCUT2D eigenvalue weighted by Crippen LogP contribution is -2.52. The fourth-order valence-corrected chi connectivity index (χ4v) is 3.84. The van der Waals surface area contributed by atoms with Gasteiger partial charge in [-0.05, 0) is 30.2 Å². The van der Waals surface area contributed by atoms with Gasteiger partial charge in [0.25, 0.3) is 5.91 Å². The molecular formula is C20H25FN2O4. The quantitative estimate of drug-likeness (QED) is 0.634. The Hall–Kier alpha value is -2.44. The summed E-state index contributed by atoms with van der Waals surface area (Å²) in [5.41, 5.74) is 1.03. The van der Waals surface area contributed by atoms with Gasteiger partial charge in [0.15, 0.2) is 5.75 Å². The van der Waals surface area contributed by atoms with Crippen molar-refractivity contribution in [1.82, 2.24) is 10.2 Å². The van der Waals surface area contributed by atoms with Crippen molar-refractivity contribution < 1.29 is 23.9 Å². The van der Waals surface area contributed by atoms with Crippen LogP contribution in [0.4, 0.5) is 4.53 Å². The number of halogens is 1. The van der Waals surface area contributed by atoms with Crippen LogP contribution in [0, 0.1) is 0 Å². The van der Waals surface area contributed by atoms with Crippen LogP contribution in [0.2, 0.25) is 0 Å². The number of amides is 3. The number of piperidine rings is 1. The molecule has 0 spiro atoms. The maximum atomic E-state index is 12.2. The monoisotopic (exact) mass is 376 g/mol. The molecule has 2 fully saturated rings. The van der Waals surface area contributed by atoms with E-state index in [1.807, 2.05) is 0 Å². The molecular weight excluding hydrogens is 351 g/mol. The molecule has 1 unspecified atom stereocenters. The van der Waals surface area contributed by atoms with Crippen LogP contribution in [-0.4, -0.2) is 28.7 Å². The van der Waals surface area contributed by atoms with E-state index in [1.54, 1.807) is 0 Å². The lowest BCUT2D eigenvalue weighted by Gasteiger charge is -2.29. The summed E-state index contributed by atoms with van der Waals surface area (Å²) in [6.07, 6.45) is 11.0. The van der Waals surface area contributed by atoms with Gasteiger partial charge < -0.3 is 4.90 Å². The van der Waals surface area contributed by atoms with Crippen LogP contribution in [0.3, 0.4) is 0 Å². The first-order valence-electron chi connectivity index (χ1n) is 9.66. The van der Waals surface area contributed by atoms with E-state index in [2.05, 4.69) is 10.3 Å². The molecule has 1 atom stereocenters. The van der Waals surface area contributed by atoms with Gasteiger partial charge in [-0.25, -0.2) is 0 Å². The van der Waals surface area contributed by atoms with E-state index in [9.17, 15) is 18.9 Å². The second-order valence-corrected chi connectivity index (χ2v) is 7.27. The molecule has 3 amide bonds. The Bertz CT molecular complexity index is 702. The maximum absolute atomic E-state index is 12.2. The number of carbonyl (C=O) groups excluding carboxylic acids is 3. The third-order valence-corrected chi connectivity index (χ3v) is 5.33. The maximum Gasteiger partial charge on any atom is 0.255 e. The molecule has 2 aliphatic heterocycles. The summed E-state index contributed by atoms with van der Waals surface area (Å²) in [5, 5.41) is 2.22. The summed E-state index contributed by atoms with van der Waals surface area (Å²) >= 11 is 0. The average molecular weight is 376 g/mol. The molecule has 2 heterocycles. The molecule has 1 N–H and O–H groups in total. The van der Waals surface area contributed by atoms with Gasteiger partial charge in [0.1, 0.15) is 6.04 Å². The zero-order chi connectivity index (χ0) is 19.2. The molecule has 146 valence electrons. The predicted molar refractivity (Wildman–Crippen MR) is 96.5 cm³/mol. The second-order valence-electron chi connectivity index (χ2n) is 7.27. The van der Waals surface area contributed by atoms with Gasteiger partial charge in [0.2, 0.25) is 11.8 Å². The number of rotatable bonds is 2. The highest BCUT2D eigenvalue weighted by Gasteiger charge is 2.39. The van der Waals surface area contributed by atoms with Crippen molar-refractivity contribution in [3.8, 4) is 5.75 Å². The lowest BCUT2D eigenvalue weighted by molar-refractivity contribution is -0.136. The van der Waals surface area contributed by atoms with Crippen LogP contribution in [0.15, 0.2) is 18.2 Å². The molecule has 4 rings (SSSR count). The number of nitrogens with zero attached hydrogens (tertiary/aromatic N) is 1. The van der Waals surface area contributed by atoms with E-state index in [0.717, 1.165) is 0 Å². The summed E-state index contributed by atoms with van der Waals surface area (Å²) in [6, 6.07) is 3.59. The molecule has 1 saturated carbocycles. The molecule has 1 aromatic rings. The van der Waals surface area contributed by atoms with E-state index in [0.29, 0.717) is 17.5 Å². The fraction of sp³-hybridized carbons (Fsp3) is 0.550. The highest BCUT2D eigenvalue weighted by molar-refractivity contribution is 6.05. The van der Waals surface area contributed by atoms with E-state index < -0.39 is 11.9 Å². The highest BCUT2D eigenvalue weighted by atomic mass is 19.3. The minimum absolute atomic E-state index is 0.0154. The molecule has 1 saturated heterocycles. The van der Waals surface area contributed by atoms with Crippen molar-refractivity contribution in [3.63, 3.8) is 0 Å². The number of hydrogen-bond acceptors (Lipinski definition) is 4. The lowest BCUT2D eigenvalue weighted by atomic mass is 10.0. The van der Waals surface area contributed by atoms with Crippen LogP contribution in [0.25, 0.3) is 0 Å². The minimum atomic E-state index is -0.664. The Morgan fingerprint density at radius 2 is 1.63 bits per heavy atom. The van der Waals surface area contributed by atoms with Gasteiger partial charge in [-0.15, -0.1) is 0 Å². The molecule has 0 radical (unpaired) electrons. The van der Waals surface area contributed by atoms with E-state index in [-0.39, 0.29) is 30.5 Å². The Morgan fingerprint density at radius 3 is 2.19 bits per heavy atom. The highest BCUT2D eigenvalue weighted by Crippen LogP contribution is 2.30. The summed E-state index contributed by atoms with van der Waals surface area (Å²) in [4.78, 5) is 40.2. The summed E-state index contributed by atoms with van der Waals surface area (Å²) in [6.45, 7) is 0.206. The summed E-state index contributed by atoms with van der Waals surface area (Å²) in [7, 11) is 0. The van der Waals surface area contributed by atoms with Crippen LogP contribution >= 0.6 is 0 Å². The topological polar surface area (TPSA) is 75.7 Å². The van der Waals surface area contributed by atoms with Crippen LogP contribution < -0.4 is 10.3 Å². The van der Waals surface area contributed by atoms with Crippen LogP contribution in [0.5, 0.6) is 5.75 Å². The number of hydrogen-bond donors (Lipinski definition) is 1. The molecule has 0 aromatic heterocycles. The molecule has 27 heavy (non-hydrogen) atoms. The van der Waals surface area contributed by atoms with Gasteiger partial charge in [0, 0.05) is 23.1 Å². The van der Waals surface area contributed by atoms with E-state index in [4.69, 9.17) is 0 Å². The van der Waals surface area contributed by atoms with E-state index in [1.165, 1.54) is 68.0 Å². The fourth-order valence-electron chi connectivity index (χ4n) is 3.84. The first kappa shape index (κ1) is 19.3. The van der Waals surface area contributed by atoms with Gasteiger partial charge in [-0.3, -0.25) is 24.6 Å². The summed E-state index contributed by atoms with van der Waals surface area (Å²) in [5.74, 6) is -1.07. The Kier molecular flexibility index (Phi) is 6.42. The standard InChI is InChI=1S/C13H11FN2O4.C7H14/c14-20-8-1-2-9-7(5-8)6-16(13(9)19)10-3-4-11(17)15-12(10)18;1-2-4-6-7-5-3-1/h1-2,5,10H,3-4,6H2,(H,15,17,18);1-7H2. The molecule has 1 aliphatic carbocycles. The average Bonchev–Trinajstić information content (AvgIpc) is 2.86. The zero-order valence-corrected chi connectivity index (χ0v) is 15.3. The number of benzene rings is 1. The smallest absolute Gasteiger partial charge is 0.255 e. The molecule has 1 aromatic carbocycles. The minimum Gasteiger partial charge on any atom is -0.322 e. The van der Waals surface area contributed by atoms with Gasteiger partial charge in [-0.2, -0.15) is 0 Å². The van der Waals surface area contributed by atoms with Crippen molar-refractivity contribution in [1.29, 1.82) is 0 Å². The largest absolute Gasteiger partial charge is 0.322 e. The second kappa shape index (κ2) is 8.97. The predicted octanol–water partition coefficient (Wildman–Crippen LogP) is 3.44. The van der Waals surface area contributed by atoms with Crippen molar-refractivity contribution in [3.05, 3.63) is 29.3 Å². The Balaban J connectivity index is 0.000000253. The van der Waals surface area contributed by atoms with Crippen LogP contribution in [-0.2, 0) is 16.1 Å². The third kappa shape index (κ3) is 4.64. The first-order valence-corrected chi connectivity index (χ1v) is 9.66. The van der Waals surface area contributed by atoms with Crippen molar-refractivity contribution in [2.45, 2.75) is 70.4 Å². The third-order valence-electron chi connectivity index (χ3n) is 5.33. The zero-order valence-electron chi connectivity index (χ0n) is 15.3. The molecule has 3 aliphatic rings. The molecule has 0 bridgehead atoms. The first-order chi connectivity index (χ1) is 13.1. The van der Waals surface area contributed by atoms with Crippen LogP contribution in [0.1, 0.15) is 73.7 Å². The summed E-state index contributed by atoms with van der Waals surface area (Å²) < 4.78 is 12.1. The molecule has 7 heteroatoms. The Morgan fingerprint density at radius 1 is 1.00 bits per heavy atom.